The van der Waals surface area contributed by atoms with E-state index in [1.807, 2.05) is 36.4 Å². The smallest absolute Gasteiger partial charge is 0.408 e. The lowest BCUT2D eigenvalue weighted by atomic mass is 10.1. The molecular weight excluding hydrogens is 777 g/mol. The van der Waals surface area contributed by atoms with Crippen molar-refractivity contribution in [2.45, 2.75) is 134 Å². The molecule has 1 amide bonds. The molecule has 0 unspecified atom stereocenters. The molecule has 14 nitrogen and oxygen atoms in total. The zero-order valence-corrected chi connectivity index (χ0v) is 37.8. The average Bonchev–Trinajstić information content (AvgIpc) is 3.16. The Kier molecular flexibility index (Phi) is 16.4. The molecule has 2 aliphatic heterocycles. The van der Waals surface area contributed by atoms with Gasteiger partial charge in [0.25, 0.3) is 0 Å². The van der Waals surface area contributed by atoms with Gasteiger partial charge in [0, 0.05) is 11.3 Å². The Morgan fingerprint density at radius 1 is 0.810 bits per heavy atom. The summed E-state index contributed by atoms with van der Waals surface area (Å²) in [5.74, 6) is -0.0704. The van der Waals surface area contributed by atoms with Gasteiger partial charge in [0.2, 0.25) is 6.29 Å². The summed E-state index contributed by atoms with van der Waals surface area (Å²) in [4.78, 5) is 28.1. The van der Waals surface area contributed by atoms with Crippen LogP contribution in [0.1, 0.15) is 52.7 Å². The summed E-state index contributed by atoms with van der Waals surface area (Å²) in [5, 5.41) is 6.52. The molecule has 0 fully saturated rings. The van der Waals surface area contributed by atoms with Gasteiger partial charge >= 0.3 is 12.1 Å². The van der Waals surface area contributed by atoms with Gasteiger partial charge < -0.3 is 42.6 Å². The second-order valence-corrected chi connectivity index (χ2v) is 27.2. The van der Waals surface area contributed by atoms with Crippen molar-refractivity contribution < 1.29 is 46.9 Å². The van der Waals surface area contributed by atoms with Crippen LogP contribution in [0.2, 0.25) is 36.3 Å². The highest BCUT2D eigenvalue weighted by Crippen LogP contribution is 2.38. The molecule has 2 aromatic rings. The summed E-state index contributed by atoms with van der Waals surface area (Å²) in [6, 6.07) is 14.9. The largest absolute Gasteiger partial charge is 0.467 e. The molecule has 0 aliphatic carbocycles. The predicted molar refractivity (Wildman–Crippen MR) is 226 cm³/mol. The van der Waals surface area contributed by atoms with Crippen LogP contribution in [0.15, 0.2) is 84.0 Å². The molecule has 0 saturated carbocycles. The van der Waals surface area contributed by atoms with Crippen LogP contribution in [0.4, 0.5) is 4.79 Å². The van der Waals surface area contributed by atoms with E-state index in [2.05, 4.69) is 83.1 Å². The normalized spacial score (nSPS) is 23.0. The highest BCUT2D eigenvalue weighted by molar-refractivity contribution is 6.74. The number of esters is 1. The minimum Gasteiger partial charge on any atom is -0.467 e. The number of methoxy groups -OCH3 is 1. The number of hydrogen-bond donors (Lipinski definition) is 1. The Hall–Kier alpha value is -4.00. The van der Waals surface area contributed by atoms with Crippen LogP contribution < -0.4 is 10.1 Å². The number of nitrogens with one attached hydrogen (secondary N) is 1. The SMILES string of the molecule is COC(=O)[C@@H](Cc1ccc(O[C@@H]2C=C[C@H](O[C@@H]3C=C[C@H](N=[N+]=[N-])[C@@H](CO[Si](C)(C)C(C)(C)C)O3)[C@@H](CO[Si](C)(C)C(C)(C)C)O2)cc1)NC(=O)OCc1ccccc1. The number of azide groups is 1. The van der Waals surface area contributed by atoms with Gasteiger partial charge in [-0.25, -0.2) is 9.59 Å². The van der Waals surface area contributed by atoms with Gasteiger partial charge in [-0.3, -0.25) is 0 Å². The van der Waals surface area contributed by atoms with E-state index in [1.54, 1.807) is 42.5 Å². The van der Waals surface area contributed by atoms with Crippen LogP contribution >= 0.6 is 0 Å². The van der Waals surface area contributed by atoms with Crippen molar-refractivity contribution in [1.82, 2.24) is 5.32 Å². The molecule has 0 aromatic heterocycles. The zero-order valence-electron chi connectivity index (χ0n) is 35.8. The van der Waals surface area contributed by atoms with Gasteiger partial charge in [-0.05, 0) is 77.2 Å². The van der Waals surface area contributed by atoms with E-state index in [9.17, 15) is 15.1 Å². The number of carbonyl (C=O) groups excluding carboxylic acids is 2. The molecule has 2 aliphatic rings. The highest BCUT2D eigenvalue weighted by atomic mass is 28.4. The fourth-order valence-corrected chi connectivity index (χ4v) is 7.48. The number of alkyl carbamates (subject to hydrolysis) is 1. The topological polar surface area (TPSA) is 169 Å². The first kappa shape index (κ1) is 46.7. The van der Waals surface area contributed by atoms with Gasteiger partial charge in [-0.15, -0.1) is 0 Å². The lowest BCUT2D eigenvalue weighted by Gasteiger charge is -2.41. The number of nitrogens with zero attached hydrogens (tertiary/aromatic N) is 3. The second-order valence-electron chi connectivity index (χ2n) is 17.5. The predicted octanol–water partition coefficient (Wildman–Crippen LogP) is 8.75. The maximum Gasteiger partial charge on any atom is 0.408 e. The Bertz CT molecular complexity index is 1760. The van der Waals surface area contributed by atoms with Crippen LogP contribution in [0.5, 0.6) is 5.75 Å². The second kappa shape index (κ2) is 20.3. The van der Waals surface area contributed by atoms with Gasteiger partial charge in [0.05, 0.1) is 32.5 Å². The number of rotatable bonds is 17. The first-order chi connectivity index (χ1) is 27.2. The van der Waals surface area contributed by atoms with Gasteiger partial charge in [0.15, 0.2) is 22.9 Å². The molecule has 0 radical (unpaired) electrons. The number of ether oxygens (including phenoxy) is 6. The quantitative estimate of drug-likeness (QED) is 0.0406. The summed E-state index contributed by atoms with van der Waals surface area (Å²) in [6.07, 6.45) is 3.51. The van der Waals surface area contributed by atoms with E-state index in [1.165, 1.54) is 7.11 Å². The summed E-state index contributed by atoms with van der Waals surface area (Å²) >= 11 is 0. The average molecular weight is 839 g/mol. The van der Waals surface area contributed by atoms with E-state index in [0.29, 0.717) is 5.75 Å². The lowest BCUT2D eigenvalue weighted by molar-refractivity contribution is -0.216. The summed E-state index contributed by atoms with van der Waals surface area (Å²) in [5.41, 5.74) is 10.8. The summed E-state index contributed by atoms with van der Waals surface area (Å²) in [7, 11) is -3.02. The molecule has 7 atom stereocenters. The molecular formula is C42H62N4O10Si2. The van der Waals surface area contributed by atoms with E-state index in [4.69, 9.17) is 37.3 Å². The van der Waals surface area contributed by atoms with Crippen molar-refractivity contribution in [3.05, 3.63) is 100 Å². The Morgan fingerprint density at radius 3 is 1.98 bits per heavy atom. The molecule has 0 bridgehead atoms. The third kappa shape index (κ3) is 13.5. The number of carbonyl (C=O) groups is 2. The standard InChI is InChI=1S/C42H62N4O10Si2/c1-41(2,3)57(8,9)51-27-35-32(45-46-43)21-23-38(55-35)54-34-22-24-37(56-36(34)28-52-58(10,11)42(4,5)6)53-31-19-17-29(18-20-31)25-33(39(47)49-7)44-40(48)50-26-30-15-13-12-14-16-30/h12-24,32-38H,25-28H2,1-11H3,(H,44,48)/t32-,33+,34-,35+,36+,37-,38-/m0/s1. The molecule has 58 heavy (non-hydrogen) atoms. The number of benzene rings is 2. The van der Waals surface area contributed by atoms with Gasteiger partial charge in [-0.1, -0.05) is 101 Å². The van der Waals surface area contributed by atoms with Crippen LogP contribution in [0, 0.1) is 0 Å². The molecule has 318 valence electrons. The maximum atomic E-state index is 12.6. The summed E-state index contributed by atoms with van der Waals surface area (Å²) < 4.78 is 48.9. The third-order valence-electron chi connectivity index (χ3n) is 11.2. The lowest BCUT2D eigenvalue weighted by Crippen LogP contribution is -2.50. The molecule has 2 heterocycles. The van der Waals surface area contributed by atoms with Crippen LogP contribution in [-0.2, 0) is 50.4 Å². The fourth-order valence-electron chi connectivity index (χ4n) is 5.45. The maximum absolute atomic E-state index is 12.6. The van der Waals surface area contributed by atoms with E-state index in [0.717, 1.165) is 11.1 Å². The minimum absolute atomic E-state index is 0.00501. The van der Waals surface area contributed by atoms with Gasteiger partial charge in [-0.2, -0.15) is 0 Å². The van der Waals surface area contributed by atoms with Gasteiger partial charge in [0.1, 0.15) is 30.6 Å². The van der Waals surface area contributed by atoms with E-state index >= 15 is 0 Å². The first-order valence-corrected chi connectivity index (χ1v) is 25.5. The van der Waals surface area contributed by atoms with E-state index in [-0.39, 0.29) is 36.3 Å². The first-order valence-electron chi connectivity index (χ1n) is 19.7. The molecule has 1 N–H and O–H groups in total. The Labute approximate surface area is 345 Å². The number of hydrogen-bond acceptors (Lipinski definition) is 11. The minimum atomic E-state index is -2.17. The molecule has 16 heteroatoms. The Balaban J connectivity index is 1.43. The van der Waals surface area contributed by atoms with Crippen molar-refractivity contribution in [3.8, 4) is 5.75 Å². The van der Waals surface area contributed by atoms with Crippen molar-refractivity contribution in [2.24, 2.45) is 5.11 Å². The number of amides is 1. The van der Waals surface area contributed by atoms with Crippen LogP contribution in [-0.4, -0.2) is 92.0 Å². The summed E-state index contributed by atoms with van der Waals surface area (Å²) in [6.45, 7) is 22.3. The third-order valence-corrected chi connectivity index (χ3v) is 20.2. The fraction of sp³-hybridized carbons (Fsp3) is 0.571. The van der Waals surface area contributed by atoms with Crippen molar-refractivity contribution in [3.63, 3.8) is 0 Å². The van der Waals surface area contributed by atoms with Crippen LogP contribution in [0.3, 0.4) is 0 Å². The molecule has 2 aromatic carbocycles. The molecule has 0 saturated heterocycles. The molecule has 0 spiro atoms. The van der Waals surface area contributed by atoms with Crippen LogP contribution in [0.25, 0.3) is 10.4 Å². The Morgan fingerprint density at radius 2 is 1.40 bits per heavy atom. The molecule has 4 rings (SSSR count). The van der Waals surface area contributed by atoms with Crippen molar-refractivity contribution in [2.75, 3.05) is 20.3 Å². The zero-order chi connectivity index (χ0) is 42.7. The highest BCUT2D eigenvalue weighted by Gasteiger charge is 2.42. The van der Waals surface area contributed by atoms with Crippen molar-refractivity contribution in [1.29, 1.82) is 0 Å². The monoisotopic (exact) mass is 838 g/mol. The van der Waals surface area contributed by atoms with E-state index < -0.39 is 71.7 Å². The van der Waals surface area contributed by atoms with Crippen molar-refractivity contribution >= 4 is 28.7 Å².